The molecule has 0 spiro atoms. The molecule has 0 aliphatic rings. The van der Waals surface area contributed by atoms with E-state index >= 15 is 0 Å². The molecule has 1 amide bonds. The lowest BCUT2D eigenvalue weighted by Crippen LogP contribution is -2.34. The van der Waals surface area contributed by atoms with Crippen molar-refractivity contribution in [1.29, 1.82) is 0 Å². The molecule has 4 rings (SSSR count). The lowest BCUT2D eigenvalue weighted by Gasteiger charge is -2.24. The van der Waals surface area contributed by atoms with Gasteiger partial charge in [-0.2, -0.15) is 0 Å². The number of imidazole rings is 1. The summed E-state index contributed by atoms with van der Waals surface area (Å²) in [5, 5.41) is 2.17. The summed E-state index contributed by atoms with van der Waals surface area (Å²) in [5.74, 6) is 0. The fourth-order valence-corrected chi connectivity index (χ4v) is 3.12. The summed E-state index contributed by atoms with van der Waals surface area (Å²) in [6.07, 6.45) is 7.01. The van der Waals surface area contributed by atoms with E-state index in [0.29, 0.717) is 5.69 Å². The Bertz CT molecular complexity index is 1170. The van der Waals surface area contributed by atoms with Gasteiger partial charge in [0.1, 0.15) is 11.2 Å². The monoisotopic (exact) mass is 374 g/mol. The molecule has 4 aromatic rings. The molecule has 0 unspecified atom stereocenters. The molecule has 0 radical (unpaired) electrons. The van der Waals surface area contributed by atoms with Crippen LogP contribution in [0.25, 0.3) is 27.7 Å². The van der Waals surface area contributed by atoms with Crippen molar-refractivity contribution in [2.45, 2.75) is 26.4 Å². The summed E-state index contributed by atoms with van der Waals surface area (Å²) in [5.41, 5.74) is 2.87. The number of carbonyl (C=O) groups excluding carboxylic acids is 1. The van der Waals surface area contributed by atoms with Crippen molar-refractivity contribution in [3.63, 3.8) is 0 Å². The largest absolute Gasteiger partial charge is 0.443 e. The Labute approximate surface area is 163 Å². The number of pyridine rings is 2. The van der Waals surface area contributed by atoms with Gasteiger partial charge >= 0.3 is 6.09 Å². The molecule has 3 aromatic heterocycles. The van der Waals surface area contributed by atoms with Crippen LogP contribution < -0.4 is 4.90 Å². The molecule has 3 heterocycles. The normalized spacial score (nSPS) is 11.7. The molecular weight excluding hydrogens is 352 g/mol. The molecule has 6 heteroatoms. The third kappa shape index (κ3) is 3.29. The second-order valence-corrected chi connectivity index (χ2v) is 7.71. The van der Waals surface area contributed by atoms with Gasteiger partial charge in [0.05, 0.1) is 17.6 Å². The zero-order valence-electron chi connectivity index (χ0n) is 16.4. The van der Waals surface area contributed by atoms with Crippen LogP contribution in [0.1, 0.15) is 20.8 Å². The SMILES string of the molecule is CN(C(=O)OC(C)(C)C)c1ccc2ncc(-c3cncc4ccccc34)n2c1. The predicted molar refractivity (Wildman–Crippen MR) is 111 cm³/mol. The van der Waals surface area contributed by atoms with Gasteiger partial charge in [-0.15, -0.1) is 0 Å². The summed E-state index contributed by atoms with van der Waals surface area (Å²) in [4.78, 5) is 22.8. The van der Waals surface area contributed by atoms with E-state index in [4.69, 9.17) is 4.74 Å². The van der Waals surface area contributed by atoms with E-state index in [1.54, 1.807) is 7.05 Å². The summed E-state index contributed by atoms with van der Waals surface area (Å²) in [6.45, 7) is 5.55. The van der Waals surface area contributed by atoms with Crippen LogP contribution in [0.3, 0.4) is 0 Å². The van der Waals surface area contributed by atoms with Gasteiger partial charge in [-0.3, -0.25) is 14.3 Å². The second kappa shape index (κ2) is 6.64. The topological polar surface area (TPSA) is 59.7 Å². The highest BCUT2D eigenvalue weighted by molar-refractivity contribution is 5.95. The van der Waals surface area contributed by atoms with Crippen LogP contribution in [0.4, 0.5) is 10.5 Å². The van der Waals surface area contributed by atoms with Crippen molar-refractivity contribution in [2.24, 2.45) is 0 Å². The van der Waals surface area contributed by atoms with Gasteiger partial charge < -0.3 is 4.74 Å². The van der Waals surface area contributed by atoms with Crippen LogP contribution in [0.5, 0.6) is 0 Å². The number of hydrogen-bond acceptors (Lipinski definition) is 4. The van der Waals surface area contributed by atoms with Crippen LogP contribution in [-0.4, -0.2) is 33.1 Å². The van der Waals surface area contributed by atoms with Crippen molar-refractivity contribution < 1.29 is 9.53 Å². The lowest BCUT2D eigenvalue weighted by atomic mass is 10.1. The maximum absolute atomic E-state index is 12.4. The van der Waals surface area contributed by atoms with Crippen molar-refractivity contribution in [3.8, 4) is 11.3 Å². The minimum atomic E-state index is -0.551. The third-order valence-corrected chi connectivity index (χ3v) is 4.49. The van der Waals surface area contributed by atoms with Crippen molar-refractivity contribution in [2.75, 3.05) is 11.9 Å². The van der Waals surface area contributed by atoms with Gasteiger partial charge in [0.25, 0.3) is 0 Å². The molecule has 0 saturated heterocycles. The number of fused-ring (bicyclic) bond motifs is 2. The van der Waals surface area contributed by atoms with E-state index in [1.165, 1.54) is 4.90 Å². The van der Waals surface area contributed by atoms with E-state index < -0.39 is 11.7 Å². The Morgan fingerprint density at radius 3 is 2.64 bits per heavy atom. The highest BCUT2D eigenvalue weighted by Gasteiger charge is 2.21. The fraction of sp³-hybridized carbons (Fsp3) is 0.227. The van der Waals surface area contributed by atoms with Crippen LogP contribution in [0, 0.1) is 0 Å². The Kier molecular flexibility index (Phi) is 4.26. The number of rotatable bonds is 2. The van der Waals surface area contributed by atoms with Gasteiger partial charge in [0, 0.05) is 36.6 Å². The average Bonchev–Trinajstić information content (AvgIpc) is 3.08. The van der Waals surface area contributed by atoms with Crippen LogP contribution in [-0.2, 0) is 4.74 Å². The molecule has 0 aliphatic heterocycles. The number of ether oxygens (including phenoxy) is 1. The van der Waals surface area contributed by atoms with Crippen molar-refractivity contribution in [1.82, 2.24) is 14.4 Å². The molecule has 0 N–H and O–H groups in total. The molecular formula is C22H22N4O2. The van der Waals surface area contributed by atoms with Gasteiger partial charge in [-0.05, 0) is 38.3 Å². The Morgan fingerprint density at radius 2 is 1.86 bits per heavy atom. The number of carbonyl (C=O) groups is 1. The van der Waals surface area contributed by atoms with Crippen LogP contribution in [0.15, 0.2) is 61.2 Å². The van der Waals surface area contributed by atoms with Crippen molar-refractivity contribution >= 4 is 28.2 Å². The smallest absolute Gasteiger partial charge is 0.414 e. The molecule has 142 valence electrons. The molecule has 6 nitrogen and oxygen atoms in total. The molecule has 0 aliphatic carbocycles. The Morgan fingerprint density at radius 1 is 1.07 bits per heavy atom. The zero-order valence-corrected chi connectivity index (χ0v) is 16.4. The zero-order chi connectivity index (χ0) is 19.9. The standard InChI is InChI=1S/C22H22N4O2/c1-22(2,3)28-21(27)25(4)16-9-10-20-24-13-19(26(20)14-16)18-12-23-11-15-7-5-6-8-17(15)18/h5-14H,1-4H3. The molecule has 0 bridgehead atoms. The lowest BCUT2D eigenvalue weighted by molar-refractivity contribution is 0.0589. The molecule has 0 saturated carbocycles. The maximum atomic E-state index is 12.4. The van der Waals surface area contributed by atoms with Crippen LogP contribution >= 0.6 is 0 Å². The van der Waals surface area contributed by atoms with Gasteiger partial charge in [-0.1, -0.05) is 24.3 Å². The summed E-state index contributed by atoms with van der Waals surface area (Å²) >= 11 is 0. The molecule has 0 atom stereocenters. The first-order valence-electron chi connectivity index (χ1n) is 9.10. The van der Waals surface area contributed by atoms with Gasteiger partial charge in [0.15, 0.2) is 0 Å². The summed E-state index contributed by atoms with van der Waals surface area (Å²) in [6, 6.07) is 11.9. The van der Waals surface area contributed by atoms with Crippen molar-refractivity contribution in [3.05, 3.63) is 61.2 Å². The van der Waals surface area contributed by atoms with Gasteiger partial charge in [-0.25, -0.2) is 9.78 Å². The highest BCUT2D eigenvalue weighted by atomic mass is 16.6. The average molecular weight is 374 g/mol. The Balaban J connectivity index is 1.80. The Hall–Kier alpha value is -3.41. The number of anilines is 1. The number of amides is 1. The first-order valence-corrected chi connectivity index (χ1v) is 9.10. The first kappa shape index (κ1) is 18.0. The van der Waals surface area contributed by atoms with E-state index in [1.807, 2.05) is 80.3 Å². The maximum Gasteiger partial charge on any atom is 0.414 e. The first-order chi connectivity index (χ1) is 13.3. The fourth-order valence-electron chi connectivity index (χ4n) is 3.12. The van der Waals surface area contributed by atoms with E-state index in [2.05, 4.69) is 16.0 Å². The summed E-state index contributed by atoms with van der Waals surface area (Å²) in [7, 11) is 1.70. The second-order valence-electron chi connectivity index (χ2n) is 7.71. The minimum Gasteiger partial charge on any atom is -0.443 e. The molecule has 0 fully saturated rings. The number of aromatic nitrogens is 3. The summed E-state index contributed by atoms with van der Waals surface area (Å²) < 4.78 is 7.44. The molecule has 28 heavy (non-hydrogen) atoms. The van der Waals surface area contributed by atoms with E-state index in [0.717, 1.165) is 27.7 Å². The van der Waals surface area contributed by atoms with Gasteiger partial charge in [0.2, 0.25) is 0 Å². The minimum absolute atomic E-state index is 0.402. The number of hydrogen-bond donors (Lipinski definition) is 0. The predicted octanol–water partition coefficient (Wildman–Crippen LogP) is 4.92. The highest BCUT2D eigenvalue weighted by Crippen LogP contribution is 2.29. The quantitative estimate of drug-likeness (QED) is 0.500. The van der Waals surface area contributed by atoms with E-state index in [9.17, 15) is 4.79 Å². The number of nitrogens with zero attached hydrogens (tertiary/aromatic N) is 4. The number of benzene rings is 1. The third-order valence-electron chi connectivity index (χ3n) is 4.49. The molecule has 1 aromatic carbocycles. The van der Waals surface area contributed by atoms with E-state index in [-0.39, 0.29) is 0 Å². The van der Waals surface area contributed by atoms with Crippen LogP contribution in [0.2, 0.25) is 0 Å².